The molecule has 0 aromatic heterocycles. The predicted octanol–water partition coefficient (Wildman–Crippen LogP) is 2.25. The Balaban J connectivity index is 2.88. The molecule has 0 aliphatic carbocycles. The second-order valence-electron chi connectivity index (χ2n) is 4.67. The first kappa shape index (κ1) is 12.7. The highest BCUT2D eigenvalue weighted by Crippen LogP contribution is 2.25. The predicted molar refractivity (Wildman–Crippen MR) is 64.8 cm³/mol. The molecule has 0 unspecified atom stereocenters. The maximum atomic E-state index is 12.1. The molecule has 0 aliphatic heterocycles. The van der Waals surface area contributed by atoms with Crippen LogP contribution >= 0.6 is 0 Å². The number of carbonyl (C=O) groups is 1. The first-order valence-electron chi connectivity index (χ1n) is 5.36. The minimum absolute atomic E-state index is 0.0768. The summed E-state index contributed by atoms with van der Waals surface area (Å²) >= 11 is 0. The van der Waals surface area contributed by atoms with Crippen LogP contribution in [0.2, 0.25) is 0 Å². The van der Waals surface area contributed by atoms with Gasteiger partial charge in [-0.05, 0) is 24.1 Å². The average Bonchev–Trinajstić information content (AvgIpc) is 2.28. The summed E-state index contributed by atoms with van der Waals surface area (Å²) in [5.41, 5.74) is 6.08. The van der Waals surface area contributed by atoms with Gasteiger partial charge in [-0.15, -0.1) is 0 Å². The molecule has 1 aromatic rings. The van der Waals surface area contributed by atoms with Crippen LogP contribution in [0.15, 0.2) is 24.3 Å². The second kappa shape index (κ2) is 5.12. The third-order valence-corrected chi connectivity index (χ3v) is 2.60. The van der Waals surface area contributed by atoms with Crippen LogP contribution in [0.25, 0.3) is 0 Å². The van der Waals surface area contributed by atoms with Crippen LogP contribution in [0, 0.1) is 5.41 Å². The number of hydrogen-bond donors (Lipinski definition) is 1. The van der Waals surface area contributed by atoms with Crippen molar-refractivity contribution in [2.75, 3.05) is 13.7 Å². The summed E-state index contributed by atoms with van der Waals surface area (Å²) in [6.45, 7) is 4.47. The molecule has 0 heterocycles. The number of carbonyl (C=O) groups excluding carboxylic acids is 1. The maximum absolute atomic E-state index is 12.1. The molecule has 0 bridgehead atoms. The van der Waals surface area contributed by atoms with E-state index in [-0.39, 0.29) is 11.2 Å². The molecule has 0 fully saturated rings. The Morgan fingerprint density at radius 1 is 1.38 bits per heavy atom. The van der Waals surface area contributed by atoms with Crippen LogP contribution < -0.4 is 10.5 Å². The van der Waals surface area contributed by atoms with E-state index in [9.17, 15) is 4.79 Å². The van der Waals surface area contributed by atoms with Crippen LogP contribution in [0.1, 0.15) is 30.6 Å². The minimum Gasteiger partial charge on any atom is -0.496 e. The zero-order valence-corrected chi connectivity index (χ0v) is 10.1. The highest BCUT2D eigenvalue weighted by Gasteiger charge is 2.22. The lowest BCUT2D eigenvalue weighted by molar-refractivity contribution is 0.0932. The van der Waals surface area contributed by atoms with E-state index in [1.54, 1.807) is 19.2 Å². The van der Waals surface area contributed by atoms with Crippen molar-refractivity contribution in [1.29, 1.82) is 0 Å². The van der Waals surface area contributed by atoms with Gasteiger partial charge in [0.2, 0.25) is 0 Å². The molecule has 0 aliphatic rings. The standard InChI is InChI=1S/C13H19NO2/c1-13(2,9-14)8-11(15)10-6-4-5-7-12(10)16-3/h4-7H,8-9,14H2,1-3H3. The van der Waals surface area contributed by atoms with Crippen molar-refractivity contribution >= 4 is 5.78 Å². The summed E-state index contributed by atoms with van der Waals surface area (Å²) in [5.74, 6) is 0.702. The summed E-state index contributed by atoms with van der Waals surface area (Å²) in [6.07, 6.45) is 0.434. The van der Waals surface area contributed by atoms with E-state index in [2.05, 4.69) is 0 Å². The third-order valence-electron chi connectivity index (χ3n) is 2.60. The molecular weight excluding hydrogens is 202 g/mol. The van der Waals surface area contributed by atoms with Gasteiger partial charge in [-0.2, -0.15) is 0 Å². The molecule has 0 radical (unpaired) electrons. The molecule has 1 aromatic carbocycles. The van der Waals surface area contributed by atoms with E-state index >= 15 is 0 Å². The van der Waals surface area contributed by atoms with Crippen molar-refractivity contribution < 1.29 is 9.53 Å². The summed E-state index contributed by atoms with van der Waals surface area (Å²) < 4.78 is 5.16. The molecular formula is C13H19NO2. The van der Waals surface area contributed by atoms with Crippen molar-refractivity contribution in [3.8, 4) is 5.75 Å². The van der Waals surface area contributed by atoms with E-state index in [0.717, 1.165) is 0 Å². The van der Waals surface area contributed by atoms with E-state index in [1.165, 1.54) is 0 Å². The van der Waals surface area contributed by atoms with Gasteiger partial charge in [-0.1, -0.05) is 26.0 Å². The van der Waals surface area contributed by atoms with E-state index in [4.69, 9.17) is 10.5 Å². The topological polar surface area (TPSA) is 52.3 Å². The summed E-state index contributed by atoms with van der Waals surface area (Å²) in [4.78, 5) is 12.1. The number of rotatable bonds is 5. The maximum Gasteiger partial charge on any atom is 0.167 e. The number of benzene rings is 1. The van der Waals surface area contributed by atoms with Gasteiger partial charge in [0.1, 0.15) is 5.75 Å². The number of para-hydroxylation sites is 1. The summed E-state index contributed by atoms with van der Waals surface area (Å²) in [7, 11) is 1.57. The summed E-state index contributed by atoms with van der Waals surface area (Å²) in [6, 6.07) is 7.27. The fourth-order valence-corrected chi connectivity index (χ4v) is 1.48. The number of hydrogen-bond acceptors (Lipinski definition) is 3. The van der Waals surface area contributed by atoms with Crippen molar-refractivity contribution in [1.82, 2.24) is 0 Å². The highest BCUT2D eigenvalue weighted by atomic mass is 16.5. The molecule has 0 spiro atoms. The van der Waals surface area contributed by atoms with Crippen LogP contribution in [-0.4, -0.2) is 19.4 Å². The van der Waals surface area contributed by atoms with Gasteiger partial charge in [0, 0.05) is 6.42 Å². The Kier molecular flexibility index (Phi) is 4.07. The molecule has 0 saturated heterocycles. The average molecular weight is 221 g/mol. The van der Waals surface area contributed by atoms with Gasteiger partial charge in [0.05, 0.1) is 12.7 Å². The number of ether oxygens (including phenoxy) is 1. The molecule has 0 amide bonds. The first-order chi connectivity index (χ1) is 7.50. The van der Waals surface area contributed by atoms with E-state index in [1.807, 2.05) is 26.0 Å². The molecule has 3 heteroatoms. The zero-order chi connectivity index (χ0) is 12.2. The van der Waals surface area contributed by atoms with Crippen molar-refractivity contribution in [3.05, 3.63) is 29.8 Å². The monoisotopic (exact) mass is 221 g/mol. The largest absolute Gasteiger partial charge is 0.496 e. The van der Waals surface area contributed by atoms with Gasteiger partial charge in [-0.3, -0.25) is 4.79 Å². The van der Waals surface area contributed by atoms with Crippen molar-refractivity contribution in [2.24, 2.45) is 11.1 Å². The van der Waals surface area contributed by atoms with Gasteiger partial charge in [-0.25, -0.2) is 0 Å². The number of nitrogens with two attached hydrogens (primary N) is 1. The number of Topliss-reactive ketones (excluding diaryl/α,β-unsaturated/α-hetero) is 1. The fourth-order valence-electron chi connectivity index (χ4n) is 1.48. The van der Waals surface area contributed by atoms with Crippen LogP contribution in [-0.2, 0) is 0 Å². The van der Waals surface area contributed by atoms with Crippen LogP contribution in [0.5, 0.6) is 5.75 Å². The van der Waals surface area contributed by atoms with Gasteiger partial charge >= 0.3 is 0 Å². The van der Waals surface area contributed by atoms with Crippen LogP contribution in [0.4, 0.5) is 0 Å². The molecule has 0 saturated carbocycles. The van der Waals surface area contributed by atoms with Crippen molar-refractivity contribution in [2.45, 2.75) is 20.3 Å². The molecule has 0 atom stereocenters. The quantitative estimate of drug-likeness (QED) is 0.776. The summed E-state index contributed by atoms with van der Waals surface area (Å²) in [5, 5.41) is 0. The Hall–Kier alpha value is -1.35. The van der Waals surface area contributed by atoms with E-state index < -0.39 is 0 Å². The molecule has 3 nitrogen and oxygen atoms in total. The molecule has 88 valence electrons. The zero-order valence-electron chi connectivity index (χ0n) is 10.1. The second-order valence-corrected chi connectivity index (χ2v) is 4.67. The lowest BCUT2D eigenvalue weighted by Gasteiger charge is -2.21. The van der Waals surface area contributed by atoms with Gasteiger partial charge in [0.25, 0.3) is 0 Å². The van der Waals surface area contributed by atoms with E-state index in [0.29, 0.717) is 24.3 Å². The minimum atomic E-state index is -0.169. The molecule has 2 N–H and O–H groups in total. The number of ketones is 1. The number of methoxy groups -OCH3 is 1. The Morgan fingerprint density at radius 3 is 2.56 bits per heavy atom. The van der Waals surface area contributed by atoms with Crippen LogP contribution in [0.3, 0.4) is 0 Å². The highest BCUT2D eigenvalue weighted by molar-refractivity contribution is 5.99. The normalized spacial score (nSPS) is 11.2. The Morgan fingerprint density at radius 2 is 2.00 bits per heavy atom. The molecule has 1 rings (SSSR count). The smallest absolute Gasteiger partial charge is 0.167 e. The lowest BCUT2D eigenvalue weighted by Crippen LogP contribution is -2.26. The SMILES string of the molecule is COc1ccccc1C(=O)CC(C)(C)CN. The van der Waals surface area contributed by atoms with Gasteiger partial charge in [0.15, 0.2) is 5.78 Å². The fraction of sp³-hybridized carbons (Fsp3) is 0.462. The third kappa shape index (κ3) is 3.07. The first-order valence-corrected chi connectivity index (χ1v) is 5.36. The molecule has 16 heavy (non-hydrogen) atoms. The van der Waals surface area contributed by atoms with Gasteiger partial charge < -0.3 is 10.5 Å². The Bertz CT molecular complexity index is 372. The van der Waals surface area contributed by atoms with Crippen molar-refractivity contribution in [3.63, 3.8) is 0 Å². The lowest BCUT2D eigenvalue weighted by atomic mass is 9.85. The Labute approximate surface area is 96.6 Å².